The molecular formula is C13H22N2Na2O2S4. The summed E-state index contributed by atoms with van der Waals surface area (Å²) in [7, 11) is 0. The van der Waals surface area contributed by atoms with Gasteiger partial charge in [-0.25, -0.2) is 0 Å². The molecule has 0 aromatic heterocycles. The van der Waals surface area contributed by atoms with E-state index < -0.39 is 5.41 Å². The molecular weight excluding hydrogens is 390 g/mol. The van der Waals surface area contributed by atoms with Gasteiger partial charge in [-0.1, -0.05) is 15.6 Å². The van der Waals surface area contributed by atoms with Crippen molar-refractivity contribution in [2.45, 2.75) is 33.6 Å². The van der Waals surface area contributed by atoms with Crippen LogP contribution in [0.1, 0.15) is 33.6 Å². The molecule has 0 saturated heterocycles. The molecule has 0 atom stereocenters. The average Bonchev–Trinajstić information content (AvgIpc) is 2.40. The van der Waals surface area contributed by atoms with Crippen LogP contribution in [0.4, 0.5) is 0 Å². The molecule has 4 nitrogen and oxygen atoms in total. The molecule has 10 heteroatoms. The van der Waals surface area contributed by atoms with Crippen LogP contribution >= 0.6 is 24.4 Å². The summed E-state index contributed by atoms with van der Waals surface area (Å²) < 4.78 is 6.02. The summed E-state index contributed by atoms with van der Waals surface area (Å²) in [6, 6.07) is 0. The van der Waals surface area contributed by atoms with Gasteiger partial charge in [-0.15, -0.1) is 0 Å². The van der Waals surface area contributed by atoms with E-state index in [2.05, 4.69) is 5.32 Å². The van der Waals surface area contributed by atoms with Crippen molar-refractivity contribution in [1.82, 2.24) is 10.2 Å². The Balaban J connectivity index is -0.00000200. The van der Waals surface area contributed by atoms with Crippen molar-refractivity contribution in [3.8, 4) is 0 Å². The molecule has 0 saturated carbocycles. The van der Waals surface area contributed by atoms with Gasteiger partial charge in [0.25, 0.3) is 0 Å². The van der Waals surface area contributed by atoms with Gasteiger partial charge < -0.3 is 64.6 Å². The zero-order valence-electron chi connectivity index (χ0n) is 14.6. The van der Waals surface area contributed by atoms with E-state index in [0.29, 0.717) is 28.3 Å². The number of hydrogen-bond acceptors (Lipinski definition) is 6. The van der Waals surface area contributed by atoms with Crippen molar-refractivity contribution in [2.75, 3.05) is 26.2 Å². The van der Waals surface area contributed by atoms with E-state index in [0.717, 1.165) is 12.8 Å². The Morgan fingerprint density at radius 1 is 1.22 bits per heavy atom. The number of ether oxygens (including phenoxy) is 1. The molecule has 0 amide bonds. The van der Waals surface area contributed by atoms with Crippen LogP contribution in [0, 0.1) is 5.41 Å². The fourth-order valence-electron chi connectivity index (χ4n) is 1.34. The smallest absolute Gasteiger partial charge is 0.463 e. The molecule has 0 spiro atoms. The minimum Gasteiger partial charge on any atom is -0.463 e. The summed E-state index contributed by atoms with van der Waals surface area (Å²) in [6.07, 6.45) is 1.55. The monoisotopic (exact) mass is 412 g/mol. The van der Waals surface area contributed by atoms with E-state index >= 15 is 0 Å². The third-order valence-corrected chi connectivity index (χ3v) is 3.97. The molecule has 0 heterocycles. The van der Waals surface area contributed by atoms with Crippen molar-refractivity contribution >= 4 is 64.3 Å². The first-order valence-corrected chi connectivity index (χ1v) is 8.42. The topological polar surface area (TPSA) is 41.6 Å². The van der Waals surface area contributed by atoms with Crippen molar-refractivity contribution in [1.29, 1.82) is 0 Å². The van der Waals surface area contributed by atoms with Crippen LogP contribution in [0.3, 0.4) is 0 Å². The summed E-state index contributed by atoms with van der Waals surface area (Å²) in [6.45, 7) is 7.85. The molecule has 0 aliphatic heterocycles. The maximum absolute atomic E-state index is 11.8. The Bertz CT molecular complexity index is 385. The Morgan fingerprint density at radius 2 is 1.78 bits per heavy atom. The predicted molar refractivity (Wildman–Crippen MR) is 99.1 cm³/mol. The minimum absolute atomic E-state index is 0. The standard InChI is InChI=1S/C13H24N2O2S4.2Na/c1-4-13(2,3)10(16)17-9-8-15(12(20)21)7-5-6-14-11(18)19;;/h4-9H2,1-3H3,(H,20,21)(H2,14,18,19);;/q;2*+1/p-2. The second-order valence-corrected chi connectivity index (χ2v) is 7.30. The molecule has 0 aromatic rings. The quantitative estimate of drug-likeness (QED) is 0.135. The normalized spacial score (nSPS) is 9.87. The number of esters is 1. The van der Waals surface area contributed by atoms with Gasteiger partial charge in [0.15, 0.2) is 0 Å². The molecule has 122 valence electrons. The Morgan fingerprint density at radius 3 is 2.22 bits per heavy atom. The summed E-state index contributed by atoms with van der Waals surface area (Å²) in [4.78, 5) is 13.7. The van der Waals surface area contributed by atoms with Crippen LogP contribution in [0.25, 0.3) is 0 Å². The zero-order chi connectivity index (χ0) is 16.5. The summed E-state index contributed by atoms with van der Waals surface area (Å²) >= 11 is 19.6. The Labute approximate surface area is 206 Å². The summed E-state index contributed by atoms with van der Waals surface area (Å²) in [5.41, 5.74) is -0.456. The van der Waals surface area contributed by atoms with Crippen molar-refractivity contribution in [2.24, 2.45) is 5.41 Å². The van der Waals surface area contributed by atoms with E-state index in [4.69, 9.17) is 54.4 Å². The van der Waals surface area contributed by atoms with Gasteiger partial charge in [0, 0.05) is 13.1 Å². The first kappa shape index (κ1) is 29.5. The molecule has 0 aromatic carbocycles. The average molecular weight is 413 g/mol. The fourth-order valence-corrected chi connectivity index (χ4v) is 1.91. The number of hydrogen-bond donors (Lipinski definition) is 1. The molecule has 0 aliphatic rings. The van der Waals surface area contributed by atoms with Crippen LogP contribution in [0.2, 0.25) is 0 Å². The fraction of sp³-hybridized carbons (Fsp3) is 0.769. The minimum atomic E-state index is -0.456. The predicted octanol–water partition coefficient (Wildman–Crippen LogP) is -4.08. The van der Waals surface area contributed by atoms with Gasteiger partial charge in [0.2, 0.25) is 0 Å². The number of rotatable bonds is 9. The largest absolute Gasteiger partial charge is 1.00 e. The Hall–Kier alpha value is 1.69. The second kappa shape index (κ2) is 15.9. The molecule has 23 heavy (non-hydrogen) atoms. The van der Waals surface area contributed by atoms with Gasteiger partial charge >= 0.3 is 65.1 Å². The van der Waals surface area contributed by atoms with Crippen molar-refractivity contribution in [3.63, 3.8) is 0 Å². The van der Waals surface area contributed by atoms with Crippen LogP contribution in [-0.2, 0) is 34.8 Å². The van der Waals surface area contributed by atoms with Crippen molar-refractivity contribution in [3.05, 3.63) is 0 Å². The number of nitrogens with one attached hydrogen (secondary N) is 1. The molecule has 0 rings (SSSR count). The maximum atomic E-state index is 11.8. The zero-order valence-corrected chi connectivity index (χ0v) is 21.9. The first-order valence-electron chi connectivity index (χ1n) is 6.78. The van der Waals surface area contributed by atoms with Gasteiger partial charge in [0.05, 0.1) is 12.0 Å². The molecule has 0 unspecified atom stereocenters. The van der Waals surface area contributed by atoms with E-state index in [1.54, 1.807) is 0 Å². The maximum Gasteiger partial charge on any atom is 1.00 e. The van der Waals surface area contributed by atoms with Crippen LogP contribution in [0.15, 0.2) is 0 Å². The molecule has 0 bridgehead atoms. The van der Waals surface area contributed by atoms with Gasteiger partial charge in [-0.2, -0.15) is 0 Å². The molecule has 1 N–H and O–H groups in total. The number of nitrogens with zero attached hydrogens (tertiary/aromatic N) is 1. The van der Waals surface area contributed by atoms with Crippen LogP contribution in [0.5, 0.6) is 0 Å². The van der Waals surface area contributed by atoms with Gasteiger partial charge in [-0.3, -0.25) is 4.79 Å². The molecule has 0 fully saturated rings. The van der Waals surface area contributed by atoms with Crippen molar-refractivity contribution < 1.29 is 68.6 Å². The molecule has 0 radical (unpaired) electrons. The Kier molecular flexibility index (Phi) is 20.4. The van der Waals surface area contributed by atoms with Gasteiger partial charge in [-0.05, 0) is 26.7 Å². The first-order chi connectivity index (χ1) is 9.70. The molecule has 0 aliphatic carbocycles. The number of carbonyl (C=O) groups excluding carboxylic acids is 1. The van der Waals surface area contributed by atoms with E-state index in [9.17, 15) is 4.79 Å². The number of thiocarbonyl (C=S) groups is 2. The van der Waals surface area contributed by atoms with Crippen LogP contribution in [-0.4, -0.2) is 45.8 Å². The third kappa shape index (κ3) is 14.5. The third-order valence-electron chi connectivity index (χ3n) is 3.16. The van der Waals surface area contributed by atoms with E-state index in [-0.39, 0.29) is 71.7 Å². The van der Waals surface area contributed by atoms with Gasteiger partial charge in [0.1, 0.15) is 6.61 Å². The van der Waals surface area contributed by atoms with Crippen LogP contribution < -0.4 is 64.4 Å². The van der Waals surface area contributed by atoms with E-state index in [1.807, 2.05) is 25.7 Å². The summed E-state index contributed by atoms with van der Waals surface area (Å²) in [5, 5.41) is 2.90. The second-order valence-electron chi connectivity index (χ2n) is 5.19. The summed E-state index contributed by atoms with van der Waals surface area (Å²) in [5.74, 6) is -0.196. The van der Waals surface area contributed by atoms with E-state index in [1.165, 1.54) is 0 Å². The number of carbonyl (C=O) groups is 1. The SMILES string of the molecule is CCC(C)(C)C(=O)OCCN(CCCNC(=S)[S-])C(=S)[S-].[Na+].[Na+].